The Balaban J connectivity index is 0. The van der Waals surface area contributed by atoms with Gasteiger partial charge in [-0.3, -0.25) is 0 Å². The van der Waals surface area contributed by atoms with E-state index in [0.29, 0.717) is 0 Å². The SMILES string of the molecule is P.S.c1cnnnc1. The van der Waals surface area contributed by atoms with Crippen molar-refractivity contribution in [1.82, 2.24) is 15.4 Å². The van der Waals surface area contributed by atoms with Crippen molar-refractivity contribution >= 4 is 23.4 Å². The first-order valence-electron chi connectivity index (χ1n) is 1.58. The molecule has 1 aromatic rings. The summed E-state index contributed by atoms with van der Waals surface area (Å²) in [4.78, 5) is 0. The molecule has 0 aliphatic carbocycles. The van der Waals surface area contributed by atoms with Crippen molar-refractivity contribution < 1.29 is 0 Å². The van der Waals surface area contributed by atoms with E-state index in [2.05, 4.69) is 15.4 Å². The molecule has 1 heterocycles. The standard InChI is InChI=1S/C3H3N3.H3P.H2S/c1-2-4-6-5-3-1;;/h1-3H;1H3;1H2. The van der Waals surface area contributed by atoms with Gasteiger partial charge in [-0.2, -0.15) is 23.4 Å². The second-order valence-electron chi connectivity index (χ2n) is 0.811. The molecule has 0 N–H and O–H groups in total. The van der Waals surface area contributed by atoms with Gasteiger partial charge in [0.05, 0.1) is 12.4 Å². The number of hydrogen-bond acceptors (Lipinski definition) is 3. The van der Waals surface area contributed by atoms with E-state index in [0.717, 1.165) is 0 Å². The zero-order valence-electron chi connectivity index (χ0n) is 4.28. The number of nitrogens with zero attached hydrogens (tertiary/aromatic N) is 3. The zero-order chi connectivity index (χ0) is 4.24. The largest absolute Gasteiger partial charge is 0.197 e. The third-order valence-electron chi connectivity index (χ3n) is 0.409. The predicted molar refractivity (Wildman–Crippen MR) is 41.3 cm³/mol. The summed E-state index contributed by atoms with van der Waals surface area (Å²) in [5.41, 5.74) is 0. The summed E-state index contributed by atoms with van der Waals surface area (Å²) in [6.07, 6.45) is 3.15. The molecule has 0 bridgehead atoms. The van der Waals surface area contributed by atoms with Gasteiger partial charge in [0.1, 0.15) is 0 Å². The highest BCUT2D eigenvalue weighted by atomic mass is 32.1. The van der Waals surface area contributed by atoms with Crippen LogP contribution >= 0.6 is 23.4 Å². The molecule has 0 spiro atoms. The first-order valence-corrected chi connectivity index (χ1v) is 1.58. The van der Waals surface area contributed by atoms with Gasteiger partial charge in [-0.25, -0.2) is 0 Å². The van der Waals surface area contributed by atoms with Gasteiger partial charge in [0.25, 0.3) is 0 Å². The molecule has 46 valence electrons. The maximum Gasteiger partial charge on any atom is 0.0529 e. The molecule has 8 heavy (non-hydrogen) atoms. The Hall–Kier alpha value is -0.210. The molecule has 0 fully saturated rings. The van der Waals surface area contributed by atoms with Gasteiger partial charge in [-0.05, 0) is 11.3 Å². The van der Waals surface area contributed by atoms with E-state index in [9.17, 15) is 0 Å². The lowest BCUT2D eigenvalue weighted by Crippen LogP contribution is -1.78. The highest BCUT2D eigenvalue weighted by Gasteiger charge is 1.60. The van der Waals surface area contributed by atoms with E-state index >= 15 is 0 Å². The molecule has 0 radical (unpaired) electrons. The fourth-order valence-electron chi connectivity index (χ4n) is 0.205. The van der Waals surface area contributed by atoms with Crippen LogP contribution in [0.3, 0.4) is 0 Å². The maximum atomic E-state index is 3.42. The van der Waals surface area contributed by atoms with Crippen molar-refractivity contribution in [1.29, 1.82) is 0 Å². The van der Waals surface area contributed by atoms with E-state index in [1.54, 1.807) is 18.5 Å². The summed E-state index contributed by atoms with van der Waals surface area (Å²) in [6.45, 7) is 0. The topological polar surface area (TPSA) is 38.7 Å². The van der Waals surface area contributed by atoms with Gasteiger partial charge in [-0.1, -0.05) is 0 Å². The maximum absolute atomic E-state index is 3.42. The zero-order valence-corrected chi connectivity index (χ0v) is 6.70. The molecule has 0 saturated heterocycles. The van der Waals surface area contributed by atoms with E-state index in [-0.39, 0.29) is 23.4 Å². The molecule has 0 aliphatic rings. The van der Waals surface area contributed by atoms with Crippen molar-refractivity contribution in [3.63, 3.8) is 0 Å². The van der Waals surface area contributed by atoms with Gasteiger partial charge >= 0.3 is 0 Å². The summed E-state index contributed by atoms with van der Waals surface area (Å²) in [5.74, 6) is 0. The summed E-state index contributed by atoms with van der Waals surface area (Å²) in [6, 6.07) is 1.72. The van der Waals surface area contributed by atoms with Crippen LogP contribution in [0.4, 0.5) is 0 Å². The minimum Gasteiger partial charge on any atom is -0.197 e. The minimum absolute atomic E-state index is 0. The van der Waals surface area contributed by atoms with E-state index < -0.39 is 0 Å². The smallest absolute Gasteiger partial charge is 0.0529 e. The van der Waals surface area contributed by atoms with Crippen LogP contribution in [0, 0.1) is 0 Å². The predicted octanol–water partition coefficient (Wildman–Crippen LogP) is 0.0425. The van der Waals surface area contributed by atoms with Crippen LogP contribution in [-0.2, 0) is 0 Å². The summed E-state index contributed by atoms with van der Waals surface area (Å²) in [5, 5.41) is 10.1. The summed E-state index contributed by atoms with van der Waals surface area (Å²) >= 11 is 0. The summed E-state index contributed by atoms with van der Waals surface area (Å²) in [7, 11) is 0. The molecule has 3 nitrogen and oxygen atoms in total. The Kier molecular flexibility index (Phi) is 9.09. The van der Waals surface area contributed by atoms with Gasteiger partial charge in [0.15, 0.2) is 0 Å². The molecule has 0 saturated carbocycles. The Morgan fingerprint density at radius 1 is 1.00 bits per heavy atom. The lowest BCUT2D eigenvalue weighted by molar-refractivity contribution is 0.865. The first kappa shape index (κ1) is 10.7. The van der Waals surface area contributed by atoms with Crippen molar-refractivity contribution in [2.45, 2.75) is 0 Å². The monoisotopic (exact) mass is 149 g/mol. The van der Waals surface area contributed by atoms with Gasteiger partial charge in [0.2, 0.25) is 0 Å². The van der Waals surface area contributed by atoms with Crippen molar-refractivity contribution in [2.24, 2.45) is 0 Å². The molecular formula is C3H8N3PS. The second kappa shape index (κ2) is 6.79. The highest BCUT2D eigenvalue weighted by molar-refractivity contribution is 7.59. The molecule has 5 heteroatoms. The Morgan fingerprint density at radius 3 is 1.62 bits per heavy atom. The molecular weight excluding hydrogens is 141 g/mol. The fraction of sp³-hybridized carbons (Fsp3) is 0. The lowest BCUT2D eigenvalue weighted by atomic mass is 10.7. The van der Waals surface area contributed by atoms with Crippen LogP contribution in [0.1, 0.15) is 0 Å². The van der Waals surface area contributed by atoms with Crippen molar-refractivity contribution in [3.05, 3.63) is 18.5 Å². The molecule has 1 atom stereocenters. The van der Waals surface area contributed by atoms with Crippen LogP contribution in [0.25, 0.3) is 0 Å². The van der Waals surface area contributed by atoms with Gasteiger partial charge in [-0.15, -0.1) is 10.2 Å². The van der Waals surface area contributed by atoms with Crippen LogP contribution in [0.15, 0.2) is 18.5 Å². The molecule has 1 unspecified atom stereocenters. The average molecular weight is 149 g/mol. The number of hydrogen-bond donors (Lipinski definition) is 0. The van der Waals surface area contributed by atoms with E-state index in [1.807, 2.05) is 0 Å². The van der Waals surface area contributed by atoms with E-state index in [4.69, 9.17) is 0 Å². The first-order chi connectivity index (χ1) is 3.00. The molecule has 0 amide bonds. The van der Waals surface area contributed by atoms with Gasteiger partial charge < -0.3 is 0 Å². The van der Waals surface area contributed by atoms with Crippen LogP contribution in [-0.4, -0.2) is 15.4 Å². The van der Waals surface area contributed by atoms with Crippen molar-refractivity contribution in [2.75, 3.05) is 0 Å². The van der Waals surface area contributed by atoms with Crippen molar-refractivity contribution in [3.8, 4) is 0 Å². The van der Waals surface area contributed by atoms with Gasteiger partial charge in [0, 0.05) is 0 Å². The highest BCUT2D eigenvalue weighted by Crippen LogP contribution is 1.61. The Morgan fingerprint density at radius 2 is 1.50 bits per heavy atom. The molecule has 1 aromatic heterocycles. The Labute approximate surface area is 58.0 Å². The normalized spacial score (nSPS) is 6.00. The quantitative estimate of drug-likeness (QED) is 0.489. The lowest BCUT2D eigenvalue weighted by Gasteiger charge is -1.68. The number of aromatic nitrogens is 3. The molecule has 1 rings (SSSR count). The minimum atomic E-state index is 0. The second-order valence-corrected chi connectivity index (χ2v) is 0.811. The molecule has 0 aromatic carbocycles. The Bertz CT molecular complexity index is 86.5. The van der Waals surface area contributed by atoms with Crippen LogP contribution in [0.2, 0.25) is 0 Å². The molecule has 0 aliphatic heterocycles. The summed E-state index contributed by atoms with van der Waals surface area (Å²) < 4.78 is 0. The fourth-order valence-corrected chi connectivity index (χ4v) is 0.205. The third kappa shape index (κ3) is 3.96. The average Bonchev–Trinajstić information content (AvgIpc) is 1.72. The van der Waals surface area contributed by atoms with Crippen LogP contribution < -0.4 is 0 Å². The van der Waals surface area contributed by atoms with Crippen LogP contribution in [0.5, 0.6) is 0 Å². The number of rotatable bonds is 0. The van der Waals surface area contributed by atoms with E-state index in [1.165, 1.54) is 0 Å². The third-order valence-corrected chi connectivity index (χ3v) is 0.409.